The van der Waals surface area contributed by atoms with Crippen molar-refractivity contribution in [2.24, 2.45) is 0 Å². The van der Waals surface area contributed by atoms with Crippen molar-refractivity contribution in [1.82, 2.24) is 4.98 Å². The number of nitrogens with one attached hydrogen (secondary N) is 1. The van der Waals surface area contributed by atoms with Gasteiger partial charge in [0.1, 0.15) is 18.1 Å². The first-order valence-corrected chi connectivity index (χ1v) is 6.67. The predicted molar refractivity (Wildman–Crippen MR) is 80.8 cm³/mol. The minimum Gasteiger partial charge on any atom is -0.489 e. The molecule has 0 aliphatic rings. The molecule has 0 spiro atoms. The van der Waals surface area contributed by atoms with E-state index in [2.05, 4.69) is 4.98 Å². The lowest BCUT2D eigenvalue weighted by molar-refractivity contribution is 0.0691. The Balaban J connectivity index is 1.88. The zero-order chi connectivity index (χ0) is 14.8. The van der Waals surface area contributed by atoms with Gasteiger partial charge in [0.15, 0.2) is 0 Å². The molecule has 0 amide bonds. The van der Waals surface area contributed by atoms with E-state index in [9.17, 15) is 4.79 Å². The highest BCUT2D eigenvalue weighted by atomic mass is 16.5. The number of carbonyl (C=O) groups is 1. The number of hydrogen-bond donors (Lipinski definition) is 2. The summed E-state index contributed by atoms with van der Waals surface area (Å²) in [7, 11) is 0. The van der Waals surface area contributed by atoms with Crippen LogP contribution in [0.1, 0.15) is 21.6 Å². The molecule has 0 atom stereocenters. The number of ether oxygens (including phenoxy) is 1. The fourth-order valence-electron chi connectivity index (χ4n) is 2.27. The van der Waals surface area contributed by atoms with Crippen molar-refractivity contribution >= 4 is 16.9 Å². The second kappa shape index (κ2) is 5.32. The Morgan fingerprint density at radius 2 is 1.95 bits per heavy atom. The Bertz CT molecular complexity index is 790. The third-order valence-electron chi connectivity index (χ3n) is 3.38. The smallest absolute Gasteiger partial charge is 0.352 e. The third kappa shape index (κ3) is 2.74. The summed E-state index contributed by atoms with van der Waals surface area (Å²) in [5.74, 6) is -0.196. The molecular weight excluding hydrogens is 266 g/mol. The van der Waals surface area contributed by atoms with E-state index >= 15 is 0 Å². The summed E-state index contributed by atoms with van der Waals surface area (Å²) >= 11 is 0. The van der Waals surface area contributed by atoms with Gasteiger partial charge in [0.2, 0.25) is 0 Å². The number of aryl methyl sites for hydroxylation is 1. The number of carboxylic acids is 1. The number of fused-ring (bicyclic) bond motifs is 1. The third-order valence-corrected chi connectivity index (χ3v) is 3.38. The summed E-state index contributed by atoms with van der Waals surface area (Å²) in [4.78, 5) is 13.9. The Hall–Kier alpha value is -2.75. The monoisotopic (exact) mass is 281 g/mol. The molecule has 0 saturated carbocycles. The van der Waals surface area contributed by atoms with Gasteiger partial charge in [-0.15, -0.1) is 0 Å². The lowest BCUT2D eigenvalue weighted by atomic mass is 10.1. The number of hydrogen-bond acceptors (Lipinski definition) is 2. The van der Waals surface area contributed by atoms with Crippen molar-refractivity contribution in [3.05, 3.63) is 65.4 Å². The van der Waals surface area contributed by atoms with Gasteiger partial charge >= 0.3 is 5.97 Å². The first-order valence-electron chi connectivity index (χ1n) is 6.67. The number of aromatic carboxylic acids is 1. The van der Waals surface area contributed by atoms with E-state index in [1.807, 2.05) is 49.4 Å². The Kier molecular flexibility index (Phi) is 3.36. The molecule has 1 aromatic heterocycles. The Morgan fingerprint density at radius 3 is 2.67 bits per heavy atom. The van der Waals surface area contributed by atoms with Crippen molar-refractivity contribution < 1.29 is 14.6 Å². The van der Waals surface area contributed by atoms with Crippen LogP contribution in [0, 0.1) is 6.92 Å². The molecule has 0 bridgehead atoms. The van der Waals surface area contributed by atoms with Crippen molar-refractivity contribution in [3.8, 4) is 5.75 Å². The summed E-state index contributed by atoms with van der Waals surface area (Å²) in [6, 6.07) is 15.3. The van der Waals surface area contributed by atoms with E-state index in [4.69, 9.17) is 9.84 Å². The maximum absolute atomic E-state index is 11.0. The molecule has 21 heavy (non-hydrogen) atoms. The minimum atomic E-state index is -0.962. The van der Waals surface area contributed by atoms with Crippen molar-refractivity contribution in [2.75, 3.05) is 0 Å². The molecule has 4 nitrogen and oxygen atoms in total. The largest absolute Gasteiger partial charge is 0.489 e. The summed E-state index contributed by atoms with van der Waals surface area (Å²) in [6.07, 6.45) is 0. The second-order valence-electron chi connectivity index (χ2n) is 4.97. The lowest BCUT2D eigenvalue weighted by Crippen LogP contribution is -1.96. The number of carboxylic acid groups (broad SMARTS) is 1. The molecule has 2 aromatic carbocycles. The number of H-pyrrole nitrogens is 1. The van der Waals surface area contributed by atoms with Crippen molar-refractivity contribution in [3.63, 3.8) is 0 Å². The van der Waals surface area contributed by atoms with Gasteiger partial charge in [0.25, 0.3) is 0 Å². The molecule has 4 heteroatoms. The number of benzene rings is 2. The van der Waals surface area contributed by atoms with Crippen LogP contribution in [0.4, 0.5) is 0 Å². The van der Waals surface area contributed by atoms with Crippen LogP contribution in [0.2, 0.25) is 0 Å². The van der Waals surface area contributed by atoms with E-state index in [1.54, 1.807) is 6.07 Å². The van der Waals surface area contributed by atoms with Crippen LogP contribution in [-0.4, -0.2) is 16.1 Å². The Labute approximate surface area is 122 Å². The van der Waals surface area contributed by atoms with Crippen LogP contribution in [0.3, 0.4) is 0 Å². The molecule has 0 aliphatic heterocycles. The van der Waals surface area contributed by atoms with Gasteiger partial charge in [-0.3, -0.25) is 0 Å². The normalized spacial score (nSPS) is 10.7. The quantitative estimate of drug-likeness (QED) is 0.765. The van der Waals surface area contributed by atoms with Crippen LogP contribution in [0.5, 0.6) is 5.75 Å². The predicted octanol–water partition coefficient (Wildman–Crippen LogP) is 3.75. The van der Waals surface area contributed by atoms with Gasteiger partial charge in [0.05, 0.1) is 0 Å². The van der Waals surface area contributed by atoms with E-state index in [1.165, 1.54) is 0 Å². The molecule has 0 saturated heterocycles. The molecule has 106 valence electrons. The maximum atomic E-state index is 11.0. The zero-order valence-electron chi connectivity index (χ0n) is 11.6. The van der Waals surface area contributed by atoms with Gasteiger partial charge < -0.3 is 14.8 Å². The highest BCUT2D eigenvalue weighted by molar-refractivity contribution is 5.94. The van der Waals surface area contributed by atoms with Crippen LogP contribution in [0.25, 0.3) is 10.9 Å². The van der Waals surface area contributed by atoms with Gasteiger partial charge in [0, 0.05) is 10.9 Å². The molecule has 3 aromatic rings. The average molecular weight is 281 g/mol. The maximum Gasteiger partial charge on any atom is 0.352 e. The van der Waals surface area contributed by atoms with Crippen LogP contribution in [0.15, 0.2) is 48.5 Å². The topological polar surface area (TPSA) is 62.3 Å². The number of aromatic nitrogens is 1. The van der Waals surface area contributed by atoms with Crippen molar-refractivity contribution in [2.45, 2.75) is 13.5 Å². The summed E-state index contributed by atoms with van der Waals surface area (Å²) in [5.41, 5.74) is 3.05. The summed E-state index contributed by atoms with van der Waals surface area (Å²) < 4.78 is 5.84. The van der Waals surface area contributed by atoms with Gasteiger partial charge in [-0.1, -0.05) is 30.3 Å². The molecule has 1 heterocycles. The van der Waals surface area contributed by atoms with Gasteiger partial charge in [-0.25, -0.2) is 4.79 Å². The number of aromatic amines is 1. The average Bonchev–Trinajstić information content (AvgIpc) is 2.89. The van der Waals surface area contributed by atoms with E-state index < -0.39 is 5.97 Å². The van der Waals surface area contributed by atoms with E-state index in [0.29, 0.717) is 6.61 Å². The molecular formula is C17H15NO3. The second-order valence-corrected chi connectivity index (χ2v) is 4.97. The summed E-state index contributed by atoms with van der Waals surface area (Å²) in [6.45, 7) is 2.43. The molecule has 2 N–H and O–H groups in total. The van der Waals surface area contributed by atoms with Gasteiger partial charge in [-0.05, 0) is 36.2 Å². The fraction of sp³-hybridized carbons (Fsp3) is 0.118. The van der Waals surface area contributed by atoms with Crippen LogP contribution >= 0.6 is 0 Å². The Morgan fingerprint density at radius 1 is 1.19 bits per heavy atom. The highest BCUT2D eigenvalue weighted by Crippen LogP contribution is 2.26. The SMILES string of the molecule is Cc1cc2[nH]c(C(=O)O)cc2cc1OCc1ccccc1. The summed E-state index contributed by atoms with van der Waals surface area (Å²) in [5, 5.41) is 9.85. The standard InChI is InChI=1S/C17H15NO3/c1-11-7-14-13(8-15(18-14)17(19)20)9-16(11)21-10-12-5-3-2-4-6-12/h2-9,18H,10H2,1H3,(H,19,20). The van der Waals surface area contributed by atoms with Crippen molar-refractivity contribution in [1.29, 1.82) is 0 Å². The molecule has 0 aliphatic carbocycles. The lowest BCUT2D eigenvalue weighted by Gasteiger charge is -2.09. The van der Waals surface area contributed by atoms with E-state index in [-0.39, 0.29) is 5.69 Å². The van der Waals surface area contributed by atoms with Crippen LogP contribution in [-0.2, 0) is 6.61 Å². The minimum absolute atomic E-state index is 0.185. The first kappa shape index (κ1) is 13.2. The fourth-order valence-corrected chi connectivity index (χ4v) is 2.27. The molecule has 0 radical (unpaired) electrons. The first-order chi connectivity index (χ1) is 10.1. The van der Waals surface area contributed by atoms with Gasteiger partial charge in [-0.2, -0.15) is 0 Å². The number of rotatable bonds is 4. The highest BCUT2D eigenvalue weighted by Gasteiger charge is 2.10. The molecule has 3 rings (SSSR count). The zero-order valence-corrected chi connectivity index (χ0v) is 11.6. The van der Waals surface area contributed by atoms with Crippen LogP contribution < -0.4 is 4.74 Å². The molecule has 0 unspecified atom stereocenters. The molecule has 0 fully saturated rings. The van der Waals surface area contributed by atoms with E-state index in [0.717, 1.165) is 27.8 Å².